The van der Waals surface area contributed by atoms with Crippen molar-refractivity contribution < 1.29 is 15.0 Å². The van der Waals surface area contributed by atoms with E-state index in [1.165, 1.54) is 12.1 Å². The standard InChI is InChI=1S/C13H18N2O3/c16-11-5-4-9(7-12(11)17)8-15-10-3-1-2-6-14-13(10)18/h4-5,7,10,15-17H,1-3,6,8H2,(H,14,18). The Kier molecular flexibility index (Phi) is 4.04. The van der Waals surface area contributed by atoms with Crippen molar-refractivity contribution in [2.45, 2.75) is 31.8 Å². The van der Waals surface area contributed by atoms with E-state index in [4.69, 9.17) is 0 Å². The van der Waals surface area contributed by atoms with Crippen LogP contribution >= 0.6 is 0 Å². The van der Waals surface area contributed by atoms with Crippen LogP contribution in [0.4, 0.5) is 0 Å². The fourth-order valence-corrected chi connectivity index (χ4v) is 2.05. The Morgan fingerprint density at radius 3 is 2.89 bits per heavy atom. The highest BCUT2D eigenvalue weighted by Gasteiger charge is 2.19. The second-order valence-electron chi connectivity index (χ2n) is 4.54. The van der Waals surface area contributed by atoms with Gasteiger partial charge >= 0.3 is 0 Å². The predicted octanol–water partition coefficient (Wildman–Crippen LogP) is 0.856. The average Bonchev–Trinajstić information content (AvgIpc) is 2.56. The lowest BCUT2D eigenvalue weighted by atomic mass is 10.1. The van der Waals surface area contributed by atoms with Crippen LogP contribution in [-0.2, 0) is 11.3 Å². The quantitative estimate of drug-likeness (QED) is 0.600. The van der Waals surface area contributed by atoms with Gasteiger partial charge < -0.3 is 20.8 Å². The minimum Gasteiger partial charge on any atom is -0.504 e. The number of benzene rings is 1. The van der Waals surface area contributed by atoms with Crippen molar-refractivity contribution in [3.63, 3.8) is 0 Å². The number of phenolic OH excluding ortho intramolecular Hbond substituents is 2. The minimum atomic E-state index is -0.177. The molecule has 0 radical (unpaired) electrons. The SMILES string of the molecule is O=C1NCCCCC1NCc1ccc(O)c(O)c1. The first-order valence-corrected chi connectivity index (χ1v) is 6.19. The number of hydrogen-bond donors (Lipinski definition) is 4. The maximum absolute atomic E-state index is 11.7. The number of phenols is 2. The number of carbonyl (C=O) groups excluding carboxylic acids is 1. The summed E-state index contributed by atoms with van der Waals surface area (Å²) in [4.78, 5) is 11.7. The summed E-state index contributed by atoms with van der Waals surface area (Å²) in [5.41, 5.74) is 0.836. The Bertz CT molecular complexity index is 434. The normalized spacial score (nSPS) is 20.2. The third-order valence-electron chi connectivity index (χ3n) is 3.13. The van der Waals surface area contributed by atoms with Crippen LogP contribution in [0.1, 0.15) is 24.8 Å². The van der Waals surface area contributed by atoms with E-state index in [1.54, 1.807) is 6.07 Å². The Labute approximate surface area is 106 Å². The van der Waals surface area contributed by atoms with Gasteiger partial charge in [-0.3, -0.25) is 4.79 Å². The summed E-state index contributed by atoms with van der Waals surface area (Å²) < 4.78 is 0. The molecule has 1 atom stereocenters. The van der Waals surface area contributed by atoms with E-state index in [0.29, 0.717) is 6.54 Å². The number of nitrogens with one attached hydrogen (secondary N) is 2. The molecule has 0 saturated carbocycles. The van der Waals surface area contributed by atoms with Crippen molar-refractivity contribution in [1.82, 2.24) is 10.6 Å². The monoisotopic (exact) mass is 250 g/mol. The third kappa shape index (κ3) is 3.13. The molecule has 1 unspecified atom stereocenters. The molecule has 4 N–H and O–H groups in total. The van der Waals surface area contributed by atoms with Gasteiger partial charge in [-0.05, 0) is 37.0 Å². The molecule has 1 aliphatic rings. The van der Waals surface area contributed by atoms with Gasteiger partial charge in [-0.1, -0.05) is 6.07 Å². The molecule has 18 heavy (non-hydrogen) atoms. The minimum absolute atomic E-state index is 0.0375. The summed E-state index contributed by atoms with van der Waals surface area (Å²) in [6.45, 7) is 1.24. The molecule has 1 aromatic carbocycles. The van der Waals surface area contributed by atoms with Crippen LogP contribution in [0.25, 0.3) is 0 Å². The predicted molar refractivity (Wildman–Crippen MR) is 67.3 cm³/mol. The molecule has 5 nitrogen and oxygen atoms in total. The lowest BCUT2D eigenvalue weighted by Gasteiger charge is -2.15. The van der Waals surface area contributed by atoms with E-state index < -0.39 is 0 Å². The molecule has 0 bridgehead atoms. The van der Waals surface area contributed by atoms with Crippen molar-refractivity contribution in [2.24, 2.45) is 0 Å². The zero-order valence-corrected chi connectivity index (χ0v) is 10.1. The molecule has 0 aliphatic carbocycles. The van der Waals surface area contributed by atoms with Gasteiger partial charge in [0.25, 0.3) is 0 Å². The van der Waals surface area contributed by atoms with Gasteiger partial charge in [0.15, 0.2) is 11.5 Å². The van der Waals surface area contributed by atoms with Gasteiger partial charge in [0, 0.05) is 13.1 Å². The zero-order chi connectivity index (χ0) is 13.0. The summed E-state index contributed by atoms with van der Waals surface area (Å²) >= 11 is 0. The molecule has 1 amide bonds. The van der Waals surface area contributed by atoms with Gasteiger partial charge in [-0.15, -0.1) is 0 Å². The topological polar surface area (TPSA) is 81.6 Å². The largest absolute Gasteiger partial charge is 0.504 e. The molecule has 1 aliphatic heterocycles. The fraction of sp³-hybridized carbons (Fsp3) is 0.462. The Morgan fingerprint density at radius 2 is 2.11 bits per heavy atom. The van der Waals surface area contributed by atoms with Crippen LogP contribution in [0.15, 0.2) is 18.2 Å². The van der Waals surface area contributed by atoms with Crippen molar-refractivity contribution in [3.05, 3.63) is 23.8 Å². The van der Waals surface area contributed by atoms with Crippen LogP contribution in [0, 0.1) is 0 Å². The number of carbonyl (C=O) groups is 1. The second-order valence-corrected chi connectivity index (χ2v) is 4.54. The lowest BCUT2D eigenvalue weighted by Crippen LogP contribution is -2.42. The molecular formula is C13H18N2O3. The molecule has 0 spiro atoms. The Morgan fingerprint density at radius 1 is 1.28 bits per heavy atom. The zero-order valence-electron chi connectivity index (χ0n) is 10.1. The first kappa shape index (κ1) is 12.7. The van der Waals surface area contributed by atoms with Crippen molar-refractivity contribution in [2.75, 3.05) is 6.54 Å². The van der Waals surface area contributed by atoms with E-state index in [1.807, 2.05) is 0 Å². The maximum atomic E-state index is 11.7. The lowest BCUT2D eigenvalue weighted by molar-refractivity contribution is -0.122. The molecule has 1 aromatic rings. The maximum Gasteiger partial charge on any atom is 0.237 e. The van der Waals surface area contributed by atoms with Crippen LogP contribution in [0.3, 0.4) is 0 Å². The van der Waals surface area contributed by atoms with E-state index in [0.717, 1.165) is 31.4 Å². The van der Waals surface area contributed by atoms with E-state index in [-0.39, 0.29) is 23.4 Å². The van der Waals surface area contributed by atoms with E-state index >= 15 is 0 Å². The van der Waals surface area contributed by atoms with Crippen molar-refractivity contribution in [1.29, 1.82) is 0 Å². The molecule has 0 aromatic heterocycles. The summed E-state index contributed by atoms with van der Waals surface area (Å²) in [7, 11) is 0. The van der Waals surface area contributed by atoms with Crippen LogP contribution < -0.4 is 10.6 Å². The fourth-order valence-electron chi connectivity index (χ4n) is 2.05. The first-order valence-electron chi connectivity index (χ1n) is 6.19. The third-order valence-corrected chi connectivity index (χ3v) is 3.13. The van der Waals surface area contributed by atoms with Crippen LogP contribution in [-0.4, -0.2) is 28.7 Å². The van der Waals surface area contributed by atoms with Gasteiger partial charge in [-0.2, -0.15) is 0 Å². The number of amides is 1. The first-order chi connectivity index (χ1) is 8.66. The molecule has 1 fully saturated rings. The average molecular weight is 250 g/mol. The summed E-state index contributed by atoms with van der Waals surface area (Å²) in [6, 6.07) is 4.48. The van der Waals surface area contributed by atoms with Gasteiger partial charge in [0.2, 0.25) is 5.91 Å². The van der Waals surface area contributed by atoms with Crippen molar-refractivity contribution in [3.8, 4) is 11.5 Å². The molecule has 2 rings (SSSR count). The number of aromatic hydroxyl groups is 2. The number of rotatable bonds is 3. The summed E-state index contributed by atoms with van der Waals surface area (Å²) in [5, 5.41) is 24.6. The van der Waals surface area contributed by atoms with Crippen LogP contribution in [0.2, 0.25) is 0 Å². The molecule has 98 valence electrons. The molecule has 1 heterocycles. The summed E-state index contributed by atoms with van der Waals surface area (Å²) in [5.74, 6) is -0.235. The van der Waals surface area contributed by atoms with Gasteiger partial charge in [0.1, 0.15) is 0 Å². The highest BCUT2D eigenvalue weighted by Crippen LogP contribution is 2.24. The van der Waals surface area contributed by atoms with E-state index in [9.17, 15) is 15.0 Å². The summed E-state index contributed by atoms with van der Waals surface area (Å²) in [6.07, 6.45) is 2.87. The highest BCUT2D eigenvalue weighted by molar-refractivity contribution is 5.81. The molecule has 5 heteroatoms. The smallest absolute Gasteiger partial charge is 0.237 e. The van der Waals surface area contributed by atoms with Gasteiger partial charge in [-0.25, -0.2) is 0 Å². The molecular weight excluding hydrogens is 232 g/mol. The number of hydrogen-bond acceptors (Lipinski definition) is 4. The van der Waals surface area contributed by atoms with E-state index in [2.05, 4.69) is 10.6 Å². The molecule has 1 saturated heterocycles. The van der Waals surface area contributed by atoms with Crippen LogP contribution in [0.5, 0.6) is 11.5 Å². The Balaban J connectivity index is 1.93. The highest BCUT2D eigenvalue weighted by atomic mass is 16.3. The second kappa shape index (κ2) is 5.73. The van der Waals surface area contributed by atoms with Gasteiger partial charge in [0.05, 0.1) is 6.04 Å². The Hall–Kier alpha value is -1.75. The van der Waals surface area contributed by atoms with Crippen molar-refractivity contribution >= 4 is 5.91 Å².